The molecular weight excluding hydrogens is 372 g/mol. The van der Waals surface area contributed by atoms with Crippen LogP contribution in [0, 0.1) is 0 Å². The van der Waals surface area contributed by atoms with Crippen molar-refractivity contribution in [3.63, 3.8) is 0 Å². The summed E-state index contributed by atoms with van der Waals surface area (Å²) in [7, 11) is 3.16. The van der Waals surface area contributed by atoms with Crippen molar-refractivity contribution in [3.8, 4) is 11.5 Å². The summed E-state index contributed by atoms with van der Waals surface area (Å²) in [6, 6.07) is 12.9. The van der Waals surface area contributed by atoms with E-state index in [-0.39, 0.29) is 12.3 Å². The molecule has 2 rings (SSSR count). The number of guanidine groups is 1. The molecule has 0 radical (unpaired) electrons. The van der Waals surface area contributed by atoms with Crippen LogP contribution < -0.4 is 20.1 Å². The minimum atomic E-state index is -2.89. The number of alkyl halides is 2. The van der Waals surface area contributed by atoms with Crippen LogP contribution in [0.1, 0.15) is 11.1 Å². The third-order valence-corrected chi connectivity index (χ3v) is 4.52. The summed E-state index contributed by atoms with van der Waals surface area (Å²) in [6.45, 7) is -2.05. The van der Waals surface area contributed by atoms with Gasteiger partial charge in [-0.25, -0.2) is 0 Å². The van der Waals surface area contributed by atoms with Crippen molar-refractivity contribution in [2.45, 2.75) is 24.6 Å². The Kier molecular flexibility index (Phi) is 8.19. The van der Waals surface area contributed by atoms with Crippen molar-refractivity contribution >= 4 is 17.7 Å². The van der Waals surface area contributed by atoms with E-state index in [1.165, 1.54) is 18.1 Å². The number of nitrogens with one attached hydrogen (secondary N) is 2. The Bertz CT molecular complexity index is 755. The summed E-state index contributed by atoms with van der Waals surface area (Å²) < 4.78 is 34.9. The molecular formula is C19H23F2N3O2S. The number of methoxy groups -OCH3 is 1. The molecule has 0 aliphatic carbocycles. The Balaban J connectivity index is 1.98. The van der Waals surface area contributed by atoms with Gasteiger partial charge in [0.15, 0.2) is 5.96 Å². The number of nitrogens with zero attached hydrogens (tertiary/aromatic N) is 1. The number of hydrogen-bond donors (Lipinski definition) is 2. The van der Waals surface area contributed by atoms with E-state index in [4.69, 9.17) is 4.74 Å². The quantitative estimate of drug-likeness (QED) is 0.404. The van der Waals surface area contributed by atoms with Crippen LogP contribution in [0.4, 0.5) is 8.78 Å². The fourth-order valence-electron chi connectivity index (χ4n) is 2.36. The molecule has 0 fully saturated rings. The zero-order valence-electron chi connectivity index (χ0n) is 15.5. The molecule has 0 aliphatic heterocycles. The number of halogens is 2. The Morgan fingerprint density at radius 3 is 2.41 bits per heavy atom. The molecule has 0 saturated carbocycles. The van der Waals surface area contributed by atoms with Gasteiger partial charge in [0.1, 0.15) is 11.5 Å². The van der Waals surface area contributed by atoms with Crippen molar-refractivity contribution < 1.29 is 18.3 Å². The van der Waals surface area contributed by atoms with Gasteiger partial charge in [-0.3, -0.25) is 4.99 Å². The molecule has 0 aliphatic rings. The Morgan fingerprint density at radius 2 is 1.81 bits per heavy atom. The van der Waals surface area contributed by atoms with E-state index in [1.807, 2.05) is 18.4 Å². The van der Waals surface area contributed by atoms with Crippen molar-refractivity contribution in [1.29, 1.82) is 0 Å². The summed E-state index contributed by atoms with van der Waals surface area (Å²) in [5, 5.41) is 6.29. The highest BCUT2D eigenvalue weighted by Crippen LogP contribution is 2.25. The van der Waals surface area contributed by atoms with E-state index in [1.54, 1.807) is 30.9 Å². The van der Waals surface area contributed by atoms with Crippen molar-refractivity contribution in [3.05, 3.63) is 53.6 Å². The first-order valence-electron chi connectivity index (χ1n) is 8.25. The zero-order valence-corrected chi connectivity index (χ0v) is 16.3. The fraction of sp³-hybridized carbons (Fsp3) is 0.316. The number of rotatable bonds is 8. The molecule has 0 saturated heterocycles. The van der Waals surface area contributed by atoms with Gasteiger partial charge < -0.3 is 20.1 Å². The SMILES string of the molecule is CN=C(NCc1ccc(SC)cc1)NCc1cc(OC)ccc1OC(F)F. The molecule has 0 bridgehead atoms. The van der Waals surface area contributed by atoms with Crippen molar-refractivity contribution in [2.24, 2.45) is 4.99 Å². The molecule has 0 spiro atoms. The van der Waals surface area contributed by atoms with Crippen LogP contribution in [0.5, 0.6) is 11.5 Å². The second kappa shape index (κ2) is 10.6. The summed E-state index contributed by atoms with van der Waals surface area (Å²) in [5.74, 6) is 1.21. The lowest BCUT2D eigenvalue weighted by atomic mass is 10.2. The number of benzene rings is 2. The van der Waals surface area contributed by atoms with Gasteiger partial charge in [-0.15, -0.1) is 11.8 Å². The van der Waals surface area contributed by atoms with Crippen molar-refractivity contribution in [1.82, 2.24) is 10.6 Å². The van der Waals surface area contributed by atoms with Crippen LogP contribution in [0.3, 0.4) is 0 Å². The molecule has 8 heteroatoms. The van der Waals surface area contributed by atoms with E-state index in [0.717, 1.165) is 5.56 Å². The Morgan fingerprint density at radius 1 is 1.11 bits per heavy atom. The lowest BCUT2D eigenvalue weighted by molar-refractivity contribution is -0.0504. The van der Waals surface area contributed by atoms with Crippen LogP contribution in [0.15, 0.2) is 52.4 Å². The van der Waals surface area contributed by atoms with Crippen LogP contribution in [-0.4, -0.2) is 33.0 Å². The number of aliphatic imine (C=N–C) groups is 1. The van der Waals surface area contributed by atoms with Gasteiger partial charge in [0.2, 0.25) is 0 Å². The fourth-order valence-corrected chi connectivity index (χ4v) is 2.77. The topological polar surface area (TPSA) is 54.9 Å². The van der Waals surface area contributed by atoms with Crippen molar-refractivity contribution in [2.75, 3.05) is 20.4 Å². The van der Waals surface area contributed by atoms with Crippen LogP contribution in [0.25, 0.3) is 0 Å². The lowest BCUT2D eigenvalue weighted by Gasteiger charge is -2.15. The minimum absolute atomic E-state index is 0.0985. The number of hydrogen-bond acceptors (Lipinski definition) is 4. The molecule has 146 valence electrons. The zero-order chi connectivity index (χ0) is 19.6. The molecule has 0 heterocycles. The van der Waals surface area contributed by atoms with Gasteiger partial charge in [-0.1, -0.05) is 12.1 Å². The Hall–Kier alpha value is -2.48. The molecule has 2 aromatic carbocycles. The van der Waals surface area contributed by atoms with E-state index in [2.05, 4.69) is 32.5 Å². The second-order valence-corrected chi connectivity index (χ2v) is 6.36. The van der Waals surface area contributed by atoms with Crippen LogP contribution in [-0.2, 0) is 13.1 Å². The third kappa shape index (κ3) is 6.63. The van der Waals surface area contributed by atoms with Gasteiger partial charge in [0.25, 0.3) is 0 Å². The molecule has 5 nitrogen and oxygen atoms in total. The summed E-state index contributed by atoms with van der Waals surface area (Å²) >= 11 is 1.69. The molecule has 0 unspecified atom stereocenters. The summed E-state index contributed by atoms with van der Waals surface area (Å²) in [5.41, 5.74) is 1.65. The van der Waals surface area contributed by atoms with E-state index >= 15 is 0 Å². The first-order chi connectivity index (χ1) is 13.0. The third-order valence-electron chi connectivity index (χ3n) is 3.77. The number of ether oxygens (including phenoxy) is 2. The molecule has 0 amide bonds. The highest BCUT2D eigenvalue weighted by Gasteiger charge is 2.11. The normalized spacial score (nSPS) is 11.4. The maximum absolute atomic E-state index is 12.6. The highest BCUT2D eigenvalue weighted by atomic mass is 32.2. The molecule has 0 aromatic heterocycles. The van der Waals surface area contributed by atoms with Gasteiger partial charge in [0.05, 0.1) is 7.11 Å². The predicted octanol–water partition coefficient (Wildman–Crippen LogP) is 3.88. The monoisotopic (exact) mass is 395 g/mol. The van der Waals surface area contributed by atoms with Gasteiger partial charge in [0, 0.05) is 30.6 Å². The molecule has 27 heavy (non-hydrogen) atoms. The van der Waals surface area contributed by atoms with Crippen LogP contribution >= 0.6 is 11.8 Å². The minimum Gasteiger partial charge on any atom is -0.497 e. The lowest BCUT2D eigenvalue weighted by Crippen LogP contribution is -2.36. The van der Waals surface area contributed by atoms with E-state index < -0.39 is 6.61 Å². The van der Waals surface area contributed by atoms with Gasteiger partial charge in [-0.05, 0) is 42.2 Å². The van der Waals surface area contributed by atoms with E-state index in [9.17, 15) is 8.78 Å². The van der Waals surface area contributed by atoms with Crippen LogP contribution in [0.2, 0.25) is 0 Å². The highest BCUT2D eigenvalue weighted by molar-refractivity contribution is 7.98. The molecule has 2 N–H and O–H groups in total. The van der Waals surface area contributed by atoms with Gasteiger partial charge >= 0.3 is 6.61 Å². The van der Waals surface area contributed by atoms with Gasteiger partial charge in [-0.2, -0.15) is 8.78 Å². The summed E-state index contributed by atoms with van der Waals surface area (Å²) in [4.78, 5) is 5.36. The Labute approximate surface area is 162 Å². The summed E-state index contributed by atoms with van der Waals surface area (Å²) in [6.07, 6.45) is 2.03. The maximum Gasteiger partial charge on any atom is 0.387 e. The standard InChI is InChI=1S/C19H23F2N3O2S/c1-22-19(23-11-13-4-7-16(27-3)8-5-13)24-12-14-10-15(25-2)6-9-17(14)26-18(20)21/h4-10,18H,11-12H2,1-3H3,(H2,22,23,24). The first kappa shape index (κ1) is 20.8. The predicted molar refractivity (Wildman–Crippen MR) is 105 cm³/mol. The molecule has 0 atom stereocenters. The number of thioether (sulfide) groups is 1. The largest absolute Gasteiger partial charge is 0.497 e. The first-order valence-corrected chi connectivity index (χ1v) is 9.47. The molecule has 2 aromatic rings. The average molecular weight is 395 g/mol. The maximum atomic E-state index is 12.6. The van der Waals surface area contributed by atoms with E-state index in [0.29, 0.717) is 23.8 Å². The second-order valence-electron chi connectivity index (χ2n) is 5.48. The smallest absolute Gasteiger partial charge is 0.387 e. The average Bonchev–Trinajstić information content (AvgIpc) is 2.69.